The van der Waals surface area contributed by atoms with Crippen molar-refractivity contribution in [3.63, 3.8) is 0 Å². The van der Waals surface area contributed by atoms with Crippen molar-refractivity contribution in [3.8, 4) is 5.75 Å². The van der Waals surface area contributed by atoms with Gasteiger partial charge in [0.15, 0.2) is 0 Å². The minimum Gasteiger partial charge on any atom is -0.506 e. The van der Waals surface area contributed by atoms with Crippen molar-refractivity contribution in [2.45, 2.75) is 20.3 Å². The number of aryl methyl sites for hydroxylation is 1. The Hall–Kier alpha value is -1.76. The largest absolute Gasteiger partial charge is 0.506 e. The molecule has 0 fully saturated rings. The number of hydrogen-bond acceptors (Lipinski definition) is 5. The van der Waals surface area contributed by atoms with Gasteiger partial charge in [-0.15, -0.1) is 0 Å². The van der Waals surface area contributed by atoms with Crippen molar-refractivity contribution >= 4 is 21.7 Å². The molecule has 0 saturated carbocycles. The van der Waals surface area contributed by atoms with Crippen LogP contribution in [0.3, 0.4) is 0 Å². The number of rotatable bonds is 6. The van der Waals surface area contributed by atoms with E-state index >= 15 is 0 Å². The second-order valence-electron chi connectivity index (χ2n) is 4.00. The molecule has 0 saturated heterocycles. The first-order chi connectivity index (χ1) is 8.84. The zero-order valence-corrected chi connectivity index (χ0v) is 11.7. The number of anilines is 1. The van der Waals surface area contributed by atoms with E-state index in [2.05, 4.69) is 9.46 Å². The normalized spacial score (nSPS) is 11.1. The van der Waals surface area contributed by atoms with E-state index in [-0.39, 0.29) is 30.2 Å². The third-order valence-corrected chi connectivity index (χ3v) is 3.57. The van der Waals surface area contributed by atoms with Crippen LogP contribution in [0.5, 0.6) is 5.75 Å². The summed E-state index contributed by atoms with van der Waals surface area (Å²) in [5.74, 6) is -1.11. The second-order valence-corrected chi connectivity index (χ2v) is 5.84. The Morgan fingerprint density at radius 1 is 1.42 bits per heavy atom. The summed E-state index contributed by atoms with van der Waals surface area (Å²) >= 11 is 0. The molecule has 0 radical (unpaired) electrons. The summed E-state index contributed by atoms with van der Waals surface area (Å²) in [6.45, 7) is 3.64. The van der Waals surface area contributed by atoms with Crippen LogP contribution in [0, 0.1) is 6.92 Å². The average Bonchev–Trinajstić information content (AvgIpc) is 2.31. The molecule has 2 N–H and O–H groups in total. The highest BCUT2D eigenvalue weighted by Crippen LogP contribution is 2.24. The number of sulfonamides is 1. The molecule has 106 valence electrons. The standard InChI is InChI=1S/C12H17NO5S/c1-3-18-12(15)6-7-19(16,17)13-10-5-4-9(2)8-11(10)14/h4-5,8,13-14H,3,6-7H2,1-2H3. The minimum atomic E-state index is -3.69. The lowest BCUT2D eigenvalue weighted by Crippen LogP contribution is -2.20. The maximum Gasteiger partial charge on any atom is 0.306 e. The van der Waals surface area contributed by atoms with Gasteiger partial charge in [-0.2, -0.15) is 0 Å². The van der Waals surface area contributed by atoms with Crippen molar-refractivity contribution in [3.05, 3.63) is 23.8 Å². The van der Waals surface area contributed by atoms with Gasteiger partial charge in [0.25, 0.3) is 0 Å². The van der Waals surface area contributed by atoms with Gasteiger partial charge in [-0.1, -0.05) is 6.07 Å². The van der Waals surface area contributed by atoms with Gasteiger partial charge in [-0.3, -0.25) is 9.52 Å². The Morgan fingerprint density at radius 3 is 2.68 bits per heavy atom. The molecule has 0 bridgehead atoms. The number of phenols is 1. The third-order valence-electron chi connectivity index (χ3n) is 2.30. The molecular weight excluding hydrogens is 270 g/mol. The van der Waals surface area contributed by atoms with E-state index in [1.807, 2.05) is 0 Å². The Morgan fingerprint density at radius 2 is 2.11 bits per heavy atom. The summed E-state index contributed by atoms with van der Waals surface area (Å²) in [6.07, 6.45) is -0.226. The van der Waals surface area contributed by atoms with Crippen LogP contribution in [0.4, 0.5) is 5.69 Å². The molecular formula is C12H17NO5S. The van der Waals surface area contributed by atoms with Crippen molar-refractivity contribution in [2.24, 2.45) is 0 Å². The quantitative estimate of drug-likeness (QED) is 0.609. The first kappa shape index (κ1) is 15.3. The molecule has 0 aliphatic heterocycles. The number of carbonyl (C=O) groups is 1. The van der Waals surface area contributed by atoms with Crippen LogP contribution in [-0.2, 0) is 19.6 Å². The van der Waals surface area contributed by atoms with Gasteiger partial charge in [0.05, 0.1) is 24.5 Å². The molecule has 0 aliphatic rings. The molecule has 1 rings (SSSR count). The molecule has 0 aromatic heterocycles. The van der Waals surface area contributed by atoms with Gasteiger partial charge in [-0.05, 0) is 31.5 Å². The third kappa shape index (κ3) is 5.17. The van der Waals surface area contributed by atoms with E-state index in [9.17, 15) is 18.3 Å². The van der Waals surface area contributed by atoms with Crippen molar-refractivity contribution in [2.75, 3.05) is 17.1 Å². The Kier molecular flexibility index (Phi) is 5.17. The highest BCUT2D eigenvalue weighted by atomic mass is 32.2. The first-order valence-corrected chi connectivity index (χ1v) is 7.45. The van der Waals surface area contributed by atoms with E-state index in [1.54, 1.807) is 19.9 Å². The lowest BCUT2D eigenvalue weighted by Gasteiger charge is -2.09. The summed E-state index contributed by atoms with van der Waals surface area (Å²) in [5, 5.41) is 9.60. The van der Waals surface area contributed by atoms with E-state index in [0.717, 1.165) is 5.56 Å². The van der Waals surface area contributed by atoms with Gasteiger partial charge in [0.2, 0.25) is 10.0 Å². The summed E-state index contributed by atoms with van der Waals surface area (Å²) < 4.78 is 30.3. The predicted molar refractivity (Wildman–Crippen MR) is 71.5 cm³/mol. The van der Waals surface area contributed by atoms with Crippen molar-refractivity contribution < 1.29 is 23.1 Å². The van der Waals surface area contributed by atoms with Crippen LogP contribution in [0.1, 0.15) is 18.9 Å². The maximum absolute atomic E-state index is 11.7. The molecule has 6 nitrogen and oxygen atoms in total. The topological polar surface area (TPSA) is 92.7 Å². The monoisotopic (exact) mass is 287 g/mol. The number of ether oxygens (including phenoxy) is 1. The number of aromatic hydroxyl groups is 1. The zero-order chi connectivity index (χ0) is 14.5. The van der Waals surface area contributed by atoms with E-state index < -0.39 is 16.0 Å². The molecule has 1 aromatic carbocycles. The lowest BCUT2D eigenvalue weighted by molar-refractivity contribution is -0.142. The lowest BCUT2D eigenvalue weighted by atomic mass is 10.2. The molecule has 0 atom stereocenters. The summed E-state index contributed by atoms with van der Waals surface area (Å²) in [5.41, 5.74) is 0.904. The van der Waals surface area contributed by atoms with Crippen LogP contribution in [0.15, 0.2) is 18.2 Å². The fraction of sp³-hybridized carbons (Fsp3) is 0.417. The molecule has 0 spiro atoms. The molecule has 7 heteroatoms. The number of carbonyl (C=O) groups excluding carboxylic acids is 1. The van der Waals surface area contributed by atoms with Crippen LogP contribution in [0.2, 0.25) is 0 Å². The Bertz CT molecular complexity index is 553. The smallest absolute Gasteiger partial charge is 0.306 e. The van der Waals surface area contributed by atoms with Crippen LogP contribution >= 0.6 is 0 Å². The zero-order valence-electron chi connectivity index (χ0n) is 10.8. The number of phenolic OH excluding ortho intramolecular Hbond substituents is 1. The molecule has 0 aliphatic carbocycles. The van der Waals surface area contributed by atoms with Crippen LogP contribution < -0.4 is 4.72 Å². The predicted octanol–water partition coefficient (Wildman–Crippen LogP) is 1.40. The van der Waals surface area contributed by atoms with Gasteiger partial charge in [0.1, 0.15) is 5.75 Å². The van der Waals surface area contributed by atoms with Gasteiger partial charge in [-0.25, -0.2) is 8.42 Å². The molecule has 0 heterocycles. The number of esters is 1. The van der Waals surface area contributed by atoms with Crippen LogP contribution in [0.25, 0.3) is 0 Å². The Labute approximate surface area is 112 Å². The summed E-state index contributed by atoms with van der Waals surface area (Å²) in [7, 11) is -3.69. The summed E-state index contributed by atoms with van der Waals surface area (Å²) in [4.78, 5) is 11.1. The first-order valence-electron chi connectivity index (χ1n) is 5.80. The second kappa shape index (κ2) is 6.42. The molecule has 0 unspecified atom stereocenters. The average molecular weight is 287 g/mol. The van der Waals surface area contributed by atoms with Crippen LogP contribution in [-0.4, -0.2) is 31.9 Å². The minimum absolute atomic E-state index is 0.0921. The fourth-order valence-electron chi connectivity index (χ4n) is 1.40. The number of hydrogen-bond donors (Lipinski definition) is 2. The summed E-state index contributed by atoms with van der Waals surface area (Å²) in [6, 6.07) is 4.58. The fourth-order valence-corrected chi connectivity index (χ4v) is 2.44. The van der Waals surface area contributed by atoms with Gasteiger partial charge in [0, 0.05) is 0 Å². The SMILES string of the molecule is CCOC(=O)CCS(=O)(=O)Nc1ccc(C)cc1O. The van der Waals surface area contributed by atoms with Gasteiger partial charge >= 0.3 is 5.97 Å². The van der Waals surface area contributed by atoms with E-state index in [4.69, 9.17) is 0 Å². The number of nitrogens with one attached hydrogen (secondary N) is 1. The highest BCUT2D eigenvalue weighted by molar-refractivity contribution is 7.92. The van der Waals surface area contributed by atoms with Crippen molar-refractivity contribution in [1.82, 2.24) is 0 Å². The van der Waals surface area contributed by atoms with Crippen molar-refractivity contribution in [1.29, 1.82) is 0 Å². The molecule has 19 heavy (non-hydrogen) atoms. The van der Waals surface area contributed by atoms with E-state index in [0.29, 0.717) is 0 Å². The highest BCUT2D eigenvalue weighted by Gasteiger charge is 2.15. The Balaban J connectivity index is 2.66. The molecule has 0 amide bonds. The maximum atomic E-state index is 11.7. The van der Waals surface area contributed by atoms with Gasteiger partial charge < -0.3 is 9.84 Å². The molecule has 1 aromatic rings. The number of benzene rings is 1. The van der Waals surface area contributed by atoms with E-state index in [1.165, 1.54) is 12.1 Å².